The van der Waals surface area contributed by atoms with Crippen LogP contribution in [0.15, 0.2) is 36.5 Å². The highest BCUT2D eigenvalue weighted by molar-refractivity contribution is 5.69. The summed E-state index contributed by atoms with van der Waals surface area (Å²) >= 11 is 0. The van der Waals surface area contributed by atoms with Crippen molar-refractivity contribution < 1.29 is 19.7 Å². The summed E-state index contributed by atoms with van der Waals surface area (Å²) in [6.07, 6.45) is 25.1. The molecule has 156 valence electrons. The standard InChI is InChI=1S/C23H40O4/c1-2-3-4-5-6-7-8-9-10-11-12-13-14-15-16-17-18-19-23(26)27-21-22(25)20-24/h6-7,9-10,12-13,22,24-25H,2-5,8,11,14-21H2,1H3/b7-6+,10-9-,13-12+. The lowest BCUT2D eigenvalue weighted by Gasteiger charge is -2.08. The lowest BCUT2D eigenvalue weighted by molar-refractivity contribution is -0.147. The Morgan fingerprint density at radius 1 is 0.852 bits per heavy atom. The Hall–Kier alpha value is -1.39. The molecule has 0 amide bonds. The fourth-order valence-electron chi connectivity index (χ4n) is 2.49. The monoisotopic (exact) mass is 380 g/mol. The van der Waals surface area contributed by atoms with Crippen molar-refractivity contribution in [2.75, 3.05) is 13.2 Å². The number of ether oxygens (including phenoxy) is 1. The number of aliphatic hydroxyl groups is 2. The van der Waals surface area contributed by atoms with Crippen LogP contribution in [-0.2, 0) is 9.53 Å². The first-order chi connectivity index (χ1) is 13.2. The molecule has 0 aromatic carbocycles. The molecule has 4 nitrogen and oxygen atoms in total. The molecule has 0 aliphatic carbocycles. The molecular formula is C23H40O4. The van der Waals surface area contributed by atoms with Gasteiger partial charge in [0.25, 0.3) is 0 Å². The van der Waals surface area contributed by atoms with Crippen molar-refractivity contribution in [1.29, 1.82) is 0 Å². The Kier molecular flexibility index (Phi) is 19.8. The van der Waals surface area contributed by atoms with Crippen LogP contribution in [0.3, 0.4) is 0 Å². The first-order valence-electron chi connectivity index (χ1n) is 10.6. The number of unbranched alkanes of at least 4 members (excludes halogenated alkanes) is 7. The fraction of sp³-hybridized carbons (Fsp3) is 0.696. The number of carbonyl (C=O) groups excluding carboxylic acids is 1. The van der Waals surface area contributed by atoms with Crippen LogP contribution in [0.1, 0.15) is 84.0 Å². The van der Waals surface area contributed by atoms with E-state index in [1.54, 1.807) is 0 Å². The van der Waals surface area contributed by atoms with Crippen LogP contribution in [-0.4, -0.2) is 35.5 Å². The highest BCUT2D eigenvalue weighted by atomic mass is 16.5. The quantitative estimate of drug-likeness (QED) is 0.193. The number of esters is 1. The number of rotatable bonds is 18. The summed E-state index contributed by atoms with van der Waals surface area (Å²) in [7, 11) is 0. The number of hydrogen-bond donors (Lipinski definition) is 2. The first kappa shape index (κ1) is 25.6. The molecule has 0 bridgehead atoms. The predicted molar refractivity (Wildman–Crippen MR) is 113 cm³/mol. The van der Waals surface area contributed by atoms with Gasteiger partial charge in [-0.3, -0.25) is 4.79 Å². The molecule has 0 spiro atoms. The number of carbonyl (C=O) groups is 1. The molecule has 27 heavy (non-hydrogen) atoms. The zero-order chi connectivity index (χ0) is 20.0. The molecule has 0 saturated heterocycles. The van der Waals surface area contributed by atoms with Crippen molar-refractivity contribution in [2.24, 2.45) is 0 Å². The second-order valence-electron chi connectivity index (χ2n) is 6.85. The van der Waals surface area contributed by atoms with Gasteiger partial charge in [0.05, 0.1) is 6.61 Å². The van der Waals surface area contributed by atoms with Crippen molar-refractivity contribution in [1.82, 2.24) is 0 Å². The van der Waals surface area contributed by atoms with Gasteiger partial charge in [-0.25, -0.2) is 0 Å². The summed E-state index contributed by atoms with van der Waals surface area (Å²) < 4.78 is 4.85. The van der Waals surface area contributed by atoms with Crippen molar-refractivity contribution in [2.45, 2.75) is 90.1 Å². The third-order valence-electron chi connectivity index (χ3n) is 4.17. The van der Waals surface area contributed by atoms with Gasteiger partial charge in [-0.15, -0.1) is 0 Å². The van der Waals surface area contributed by atoms with E-state index in [0.29, 0.717) is 6.42 Å². The van der Waals surface area contributed by atoms with E-state index in [-0.39, 0.29) is 19.2 Å². The Balaban J connectivity index is 3.37. The molecule has 0 saturated carbocycles. The van der Waals surface area contributed by atoms with Gasteiger partial charge in [-0.05, 0) is 44.9 Å². The van der Waals surface area contributed by atoms with Crippen molar-refractivity contribution in [3.63, 3.8) is 0 Å². The molecule has 0 radical (unpaired) electrons. The third kappa shape index (κ3) is 20.8. The second kappa shape index (κ2) is 20.9. The topological polar surface area (TPSA) is 66.8 Å². The smallest absolute Gasteiger partial charge is 0.305 e. The zero-order valence-corrected chi connectivity index (χ0v) is 17.2. The number of aliphatic hydroxyl groups excluding tert-OH is 2. The van der Waals surface area contributed by atoms with Gasteiger partial charge >= 0.3 is 5.97 Å². The van der Waals surface area contributed by atoms with Crippen LogP contribution in [0.4, 0.5) is 0 Å². The van der Waals surface area contributed by atoms with Gasteiger partial charge in [0.15, 0.2) is 0 Å². The highest BCUT2D eigenvalue weighted by Gasteiger charge is 2.07. The van der Waals surface area contributed by atoms with E-state index < -0.39 is 6.10 Å². The molecular weight excluding hydrogens is 340 g/mol. The van der Waals surface area contributed by atoms with Gasteiger partial charge in [-0.1, -0.05) is 69.1 Å². The minimum Gasteiger partial charge on any atom is -0.463 e. The summed E-state index contributed by atoms with van der Waals surface area (Å²) in [5.74, 6) is -0.301. The van der Waals surface area contributed by atoms with Crippen LogP contribution in [0, 0.1) is 0 Å². The van der Waals surface area contributed by atoms with Crippen LogP contribution in [0.2, 0.25) is 0 Å². The van der Waals surface area contributed by atoms with Gasteiger partial charge in [0, 0.05) is 6.42 Å². The van der Waals surface area contributed by atoms with Crippen LogP contribution < -0.4 is 0 Å². The first-order valence-corrected chi connectivity index (χ1v) is 10.6. The van der Waals surface area contributed by atoms with E-state index in [1.165, 1.54) is 25.7 Å². The van der Waals surface area contributed by atoms with Gasteiger partial charge in [0.2, 0.25) is 0 Å². The van der Waals surface area contributed by atoms with Gasteiger partial charge < -0.3 is 14.9 Å². The Morgan fingerprint density at radius 2 is 1.41 bits per heavy atom. The average molecular weight is 381 g/mol. The van der Waals surface area contributed by atoms with E-state index in [2.05, 4.69) is 43.4 Å². The largest absolute Gasteiger partial charge is 0.463 e. The van der Waals surface area contributed by atoms with E-state index in [9.17, 15) is 4.79 Å². The number of hydrogen-bond acceptors (Lipinski definition) is 4. The van der Waals surface area contributed by atoms with Crippen molar-refractivity contribution in [3.8, 4) is 0 Å². The van der Waals surface area contributed by atoms with Crippen molar-refractivity contribution >= 4 is 5.97 Å². The summed E-state index contributed by atoms with van der Waals surface area (Å²) in [6.45, 7) is 1.73. The lowest BCUT2D eigenvalue weighted by Crippen LogP contribution is -2.21. The maximum atomic E-state index is 11.4. The molecule has 0 heterocycles. The molecule has 0 aliphatic heterocycles. The molecule has 0 rings (SSSR count). The average Bonchev–Trinajstić information content (AvgIpc) is 2.68. The maximum Gasteiger partial charge on any atom is 0.305 e. The van der Waals surface area contributed by atoms with Crippen LogP contribution in [0.5, 0.6) is 0 Å². The lowest BCUT2D eigenvalue weighted by atomic mass is 10.1. The van der Waals surface area contributed by atoms with Gasteiger partial charge in [-0.2, -0.15) is 0 Å². The minimum atomic E-state index is -0.970. The maximum absolute atomic E-state index is 11.4. The normalized spacial score (nSPS) is 13.1. The van der Waals surface area contributed by atoms with Crippen LogP contribution in [0.25, 0.3) is 0 Å². The fourth-order valence-corrected chi connectivity index (χ4v) is 2.49. The summed E-state index contributed by atoms with van der Waals surface area (Å²) in [4.78, 5) is 11.4. The highest BCUT2D eigenvalue weighted by Crippen LogP contribution is 2.07. The van der Waals surface area contributed by atoms with E-state index in [1.807, 2.05) is 0 Å². The van der Waals surface area contributed by atoms with Crippen molar-refractivity contribution in [3.05, 3.63) is 36.5 Å². The molecule has 1 unspecified atom stereocenters. The molecule has 0 aromatic rings. The molecule has 2 N–H and O–H groups in total. The van der Waals surface area contributed by atoms with E-state index in [0.717, 1.165) is 44.9 Å². The van der Waals surface area contributed by atoms with E-state index >= 15 is 0 Å². The molecule has 1 atom stereocenters. The minimum absolute atomic E-state index is 0.121. The predicted octanol–water partition coefficient (Wildman–Crippen LogP) is 5.25. The Bertz CT molecular complexity index is 413. The molecule has 0 aromatic heterocycles. The Morgan fingerprint density at radius 3 is 2.00 bits per heavy atom. The number of allylic oxidation sites excluding steroid dienone is 6. The SMILES string of the molecule is CCCCC/C=C/C/C=C\C/C=C/CCCCCCC(=O)OCC(O)CO. The third-order valence-corrected chi connectivity index (χ3v) is 4.17. The van der Waals surface area contributed by atoms with Crippen LogP contribution >= 0.6 is 0 Å². The Labute approximate surface area is 166 Å². The molecule has 0 fully saturated rings. The summed E-state index contributed by atoms with van der Waals surface area (Å²) in [5.41, 5.74) is 0. The van der Waals surface area contributed by atoms with E-state index in [4.69, 9.17) is 14.9 Å². The molecule has 0 aliphatic rings. The summed E-state index contributed by atoms with van der Waals surface area (Å²) in [5, 5.41) is 17.7. The van der Waals surface area contributed by atoms with Gasteiger partial charge in [0.1, 0.15) is 12.7 Å². The molecule has 4 heteroatoms. The zero-order valence-electron chi connectivity index (χ0n) is 17.2. The summed E-state index contributed by atoms with van der Waals surface area (Å²) in [6, 6.07) is 0. The second-order valence-corrected chi connectivity index (χ2v) is 6.85.